The number of carbonyl (C=O) groups excluding carboxylic acids is 1. The summed E-state index contributed by atoms with van der Waals surface area (Å²) in [5, 5.41) is 7.29. The highest BCUT2D eigenvalue weighted by molar-refractivity contribution is 6.01. The van der Waals surface area contributed by atoms with Crippen molar-refractivity contribution in [2.24, 2.45) is 0 Å². The Bertz CT molecular complexity index is 1140. The highest BCUT2D eigenvalue weighted by Crippen LogP contribution is 2.44. The first-order chi connectivity index (χ1) is 14.6. The van der Waals surface area contributed by atoms with E-state index in [-0.39, 0.29) is 17.7 Å². The molecule has 0 fully saturated rings. The molecule has 3 nitrogen and oxygen atoms in total. The van der Waals surface area contributed by atoms with Crippen LogP contribution < -0.4 is 10.6 Å². The lowest BCUT2D eigenvalue weighted by Gasteiger charge is -2.30. The Morgan fingerprint density at radius 1 is 0.800 bits per heavy atom. The molecule has 3 heteroatoms. The summed E-state index contributed by atoms with van der Waals surface area (Å²) in [4.78, 5) is 13.5. The third-order valence-electron chi connectivity index (χ3n) is 6.36. The van der Waals surface area contributed by atoms with Crippen LogP contribution in [0.25, 0.3) is 0 Å². The lowest BCUT2D eigenvalue weighted by atomic mass is 9.78. The van der Waals surface area contributed by atoms with Crippen LogP contribution in [0.1, 0.15) is 47.1 Å². The molecular formula is C27H26N2O. The van der Waals surface area contributed by atoms with Crippen LogP contribution in [0.4, 0.5) is 11.4 Å². The molecule has 0 amide bonds. The number of nitrogens with one attached hydrogen (secondary N) is 2. The summed E-state index contributed by atoms with van der Waals surface area (Å²) in [5.74, 6) is 0.426. The predicted octanol–water partition coefficient (Wildman–Crippen LogP) is 6.28. The summed E-state index contributed by atoms with van der Waals surface area (Å²) in [6.45, 7) is 4.21. The fourth-order valence-corrected chi connectivity index (χ4v) is 4.71. The number of carbonyl (C=O) groups is 1. The SMILES string of the molecule is Cc1ccc([C@@H]2CC(=O)C3=C(C2)Nc2ccccc2N[C@H]3c2ccccc2C)cc1. The number of benzene rings is 3. The zero-order valence-electron chi connectivity index (χ0n) is 17.4. The molecule has 2 atom stereocenters. The average Bonchev–Trinajstić information content (AvgIpc) is 2.91. The Morgan fingerprint density at radius 2 is 1.50 bits per heavy atom. The number of fused-ring (bicyclic) bond motifs is 1. The van der Waals surface area contributed by atoms with Gasteiger partial charge in [0.2, 0.25) is 0 Å². The molecule has 150 valence electrons. The Balaban J connectivity index is 1.62. The van der Waals surface area contributed by atoms with Crippen molar-refractivity contribution in [2.75, 3.05) is 10.6 Å². The third-order valence-corrected chi connectivity index (χ3v) is 6.36. The first-order valence-corrected chi connectivity index (χ1v) is 10.6. The number of hydrogen-bond donors (Lipinski definition) is 2. The van der Waals surface area contributed by atoms with E-state index in [9.17, 15) is 4.79 Å². The van der Waals surface area contributed by atoms with Gasteiger partial charge in [-0.2, -0.15) is 0 Å². The molecule has 0 unspecified atom stereocenters. The van der Waals surface area contributed by atoms with Crippen molar-refractivity contribution in [1.29, 1.82) is 0 Å². The van der Waals surface area contributed by atoms with Crippen molar-refractivity contribution in [2.45, 2.75) is 38.6 Å². The number of anilines is 2. The van der Waals surface area contributed by atoms with Crippen LogP contribution in [0.2, 0.25) is 0 Å². The topological polar surface area (TPSA) is 41.1 Å². The van der Waals surface area contributed by atoms with Crippen LogP contribution in [0, 0.1) is 13.8 Å². The lowest BCUT2D eigenvalue weighted by Crippen LogP contribution is -2.27. The minimum Gasteiger partial charge on any atom is -0.372 e. The second-order valence-corrected chi connectivity index (χ2v) is 8.44. The number of ketones is 1. The van der Waals surface area contributed by atoms with Crippen LogP contribution in [0.5, 0.6) is 0 Å². The molecule has 0 spiro atoms. The molecule has 5 rings (SSSR count). The number of hydrogen-bond acceptors (Lipinski definition) is 3. The van der Waals surface area contributed by atoms with Gasteiger partial charge in [-0.15, -0.1) is 0 Å². The van der Waals surface area contributed by atoms with E-state index in [1.807, 2.05) is 18.2 Å². The van der Waals surface area contributed by atoms with Gasteiger partial charge in [0.1, 0.15) is 0 Å². The molecule has 1 heterocycles. The van der Waals surface area contributed by atoms with E-state index in [4.69, 9.17) is 0 Å². The Labute approximate surface area is 177 Å². The fraction of sp³-hybridized carbons (Fsp3) is 0.222. The molecule has 0 saturated carbocycles. The largest absolute Gasteiger partial charge is 0.372 e. The van der Waals surface area contributed by atoms with Crippen molar-refractivity contribution in [3.8, 4) is 0 Å². The van der Waals surface area contributed by atoms with Crippen molar-refractivity contribution in [1.82, 2.24) is 0 Å². The van der Waals surface area contributed by atoms with E-state index < -0.39 is 0 Å². The van der Waals surface area contributed by atoms with Gasteiger partial charge in [0.05, 0.1) is 17.4 Å². The van der Waals surface area contributed by atoms with Gasteiger partial charge in [0.15, 0.2) is 5.78 Å². The molecular weight excluding hydrogens is 368 g/mol. The average molecular weight is 395 g/mol. The second-order valence-electron chi connectivity index (χ2n) is 8.44. The summed E-state index contributed by atoms with van der Waals surface area (Å²) < 4.78 is 0. The summed E-state index contributed by atoms with van der Waals surface area (Å²) in [7, 11) is 0. The maximum atomic E-state index is 13.5. The number of allylic oxidation sites excluding steroid dienone is 1. The Hall–Kier alpha value is -3.33. The van der Waals surface area contributed by atoms with Crippen LogP contribution in [-0.2, 0) is 4.79 Å². The summed E-state index contributed by atoms with van der Waals surface area (Å²) in [6.07, 6.45) is 1.38. The standard InChI is InChI=1S/C27H26N2O/c1-17-11-13-19(14-12-17)20-15-24-26(25(30)16-20)27(21-8-4-3-7-18(21)2)29-23-10-6-5-9-22(23)28-24/h3-14,20,27-29H,15-16H2,1-2H3/t20-,27-/m0/s1. The van der Waals surface area contributed by atoms with Gasteiger partial charge in [-0.05, 0) is 55.0 Å². The molecule has 0 aromatic heterocycles. The fourth-order valence-electron chi connectivity index (χ4n) is 4.71. The van der Waals surface area contributed by atoms with Gasteiger partial charge in [0, 0.05) is 17.7 Å². The summed E-state index contributed by atoms with van der Waals surface area (Å²) in [5.41, 5.74) is 8.80. The zero-order chi connectivity index (χ0) is 20.7. The first-order valence-electron chi connectivity index (χ1n) is 10.6. The van der Waals surface area contributed by atoms with Crippen LogP contribution in [0.3, 0.4) is 0 Å². The minimum atomic E-state index is -0.149. The molecule has 3 aromatic rings. The number of rotatable bonds is 2. The molecule has 1 aliphatic carbocycles. The smallest absolute Gasteiger partial charge is 0.163 e. The molecule has 3 aromatic carbocycles. The van der Waals surface area contributed by atoms with E-state index in [0.29, 0.717) is 6.42 Å². The summed E-state index contributed by atoms with van der Waals surface area (Å²) >= 11 is 0. The maximum Gasteiger partial charge on any atom is 0.163 e. The van der Waals surface area contributed by atoms with E-state index in [1.165, 1.54) is 16.7 Å². The predicted molar refractivity (Wildman–Crippen MR) is 123 cm³/mol. The quantitative estimate of drug-likeness (QED) is 0.537. The zero-order valence-corrected chi connectivity index (χ0v) is 17.4. The molecule has 0 saturated heterocycles. The van der Waals surface area contributed by atoms with Gasteiger partial charge in [-0.3, -0.25) is 4.79 Å². The highest BCUT2D eigenvalue weighted by Gasteiger charge is 2.36. The van der Waals surface area contributed by atoms with E-state index in [0.717, 1.165) is 34.6 Å². The van der Waals surface area contributed by atoms with Crippen LogP contribution >= 0.6 is 0 Å². The molecule has 0 bridgehead atoms. The lowest BCUT2D eigenvalue weighted by molar-refractivity contribution is -0.116. The monoisotopic (exact) mass is 394 g/mol. The van der Waals surface area contributed by atoms with E-state index >= 15 is 0 Å². The van der Waals surface area contributed by atoms with E-state index in [1.54, 1.807) is 0 Å². The van der Waals surface area contributed by atoms with Crippen LogP contribution in [0.15, 0.2) is 84.1 Å². The van der Waals surface area contributed by atoms with Gasteiger partial charge in [0.25, 0.3) is 0 Å². The van der Waals surface area contributed by atoms with E-state index in [2.05, 4.69) is 79.1 Å². The molecule has 2 aliphatic rings. The minimum absolute atomic E-state index is 0.149. The van der Waals surface area contributed by atoms with Gasteiger partial charge < -0.3 is 10.6 Å². The Kier molecular flexibility index (Phi) is 4.66. The summed E-state index contributed by atoms with van der Waals surface area (Å²) in [6, 6.07) is 25.0. The van der Waals surface area contributed by atoms with Crippen molar-refractivity contribution in [3.05, 3.63) is 106 Å². The van der Waals surface area contributed by atoms with Crippen molar-refractivity contribution >= 4 is 17.2 Å². The van der Waals surface area contributed by atoms with Crippen molar-refractivity contribution < 1.29 is 4.79 Å². The number of para-hydroxylation sites is 2. The number of aryl methyl sites for hydroxylation is 2. The van der Waals surface area contributed by atoms with Gasteiger partial charge >= 0.3 is 0 Å². The normalized spacial score (nSPS) is 20.5. The first kappa shape index (κ1) is 18.7. The van der Waals surface area contributed by atoms with Gasteiger partial charge in [-0.1, -0.05) is 66.2 Å². The molecule has 0 radical (unpaired) electrons. The van der Waals surface area contributed by atoms with Gasteiger partial charge in [-0.25, -0.2) is 0 Å². The third kappa shape index (κ3) is 3.30. The highest BCUT2D eigenvalue weighted by atomic mass is 16.1. The molecule has 2 N–H and O–H groups in total. The number of Topliss-reactive ketones (excluding diaryl/α,β-unsaturated/α-hetero) is 1. The Morgan fingerprint density at radius 3 is 2.27 bits per heavy atom. The van der Waals surface area contributed by atoms with Crippen molar-refractivity contribution in [3.63, 3.8) is 0 Å². The maximum absolute atomic E-state index is 13.5. The second kappa shape index (κ2) is 7.49. The molecule has 30 heavy (non-hydrogen) atoms. The molecule has 1 aliphatic heterocycles. The van der Waals surface area contributed by atoms with Crippen LogP contribution in [-0.4, -0.2) is 5.78 Å².